The zero-order chi connectivity index (χ0) is 21.0. The van der Waals surface area contributed by atoms with Gasteiger partial charge in [0, 0.05) is 19.9 Å². The van der Waals surface area contributed by atoms with Gasteiger partial charge < -0.3 is 14.4 Å². The Morgan fingerprint density at radius 1 is 1.24 bits per heavy atom. The Balaban J connectivity index is 1.56. The summed E-state index contributed by atoms with van der Waals surface area (Å²) < 4.78 is 34.1. The van der Waals surface area contributed by atoms with E-state index in [1.165, 1.54) is 9.91 Å². The number of ether oxygens (including phenoxy) is 2. The zero-order valence-corrected chi connectivity index (χ0v) is 17.4. The molecule has 2 amide bonds. The van der Waals surface area contributed by atoms with Crippen LogP contribution < -0.4 is 9.47 Å². The number of hydrazone groups is 1. The number of carbonyl (C=O) groups excluding carboxylic acids is 2. The highest BCUT2D eigenvalue weighted by Crippen LogP contribution is 2.22. The average Bonchev–Trinajstić information content (AvgIpc) is 3.07. The Labute approximate surface area is 170 Å². The highest BCUT2D eigenvalue weighted by molar-refractivity contribution is 7.91. The summed E-state index contributed by atoms with van der Waals surface area (Å²) in [5, 5.41) is 5.40. The Hall–Kier alpha value is -2.62. The van der Waals surface area contributed by atoms with Gasteiger partial charge in [-0.15, -0.1) is 0 Å². The van der Waals surface area contributed by atoms with Crippen molar-refractivity contribution in [2.24, 2.45) is 5.10 Å². The molecule has 10 heteroatoms. The summed E-state index contributed by atoms with van der Waals surface area (Å²) in [6.07, 6.45) is 0.749. The molecule has 0 aliphatic carbocycles. The zero-order valence-electron chi connectivity index (χ0n) is 16.5. The highest BCUT2D eigenvalue weighted by atomic mass is 32.2. The minimum Gasteiger partial charge on any atom is -0.497 e. The van der Waals surface area contributed by atoms with Crippen LogP contribution in [0.4, 0.5) is 0 Å². The Kier molecular flexibility index (Phi) is 6.41. The molecule has 1 unspecified atom stereocenters. The van der Waals surface area contributed by atoms with Crippen molar-refractivity contribution in [2.75, 3.05) is 38.8 Å². The van der Waals surface area contributed by atoms with Crippen LogP contribution in [0.5, 0.6) is 11.5 Å². The van der Waals surface area contributed by atoms with Crippen LogP contribution in [0.15, 0.2) is 29.4 Å². The van der Waals surface area contributed by atoms with Gasteiger partial charge in [0.05, 0.1) is 31.2 Å². The second-order valence-electron chi connectivity index (χ2n) is 7.09. The van der Waals surface area contributed by atoms with Crippen molar-refractivity contribution < 1.29 is 27.5 Å². The summed E-state index contributed by atoms with van der Waals surface area (Å²) in [4.78, 5) is 26.3. The van der Waals surface area contributed by atoms with Crippen LogP contribution in [-0.4, -0.2) is 80.7 Å². The fraction of sp³-hybridized carbons (Fsp3) is 0.526. The van der Waals surface area contributed by atoms with Crippen LogP contribution >= 0.6 is 0 Å². The minimum atomic E-state index is -3.15. The molecule has 0 radical (unpaired) electrons. The van der Waals surface area contributed by atoms with Gasteiger partial charge in [-0.2, -0.15) is 5.10 Å². The predicted molar refractivity (Wildman–Crippen MR) is 107 cm³/mol. The van der Waals surface area contributed by atoms with Gasteiger partial charge in [0.25, 0.3) is 5.91 Å². The second kappa shape index (κ2) is 8.81. The Morgan fingerprint density at radius 3 is 2.55 bits per heavy atom. The number of methoxy groups -OCH3 is 1. The van der Waals surface area contributed by atoms with Crippen LogP contribution in [0.25, 0.3) is 0 Å². The van der Waals surface area contributed by atoms with Crippen LogP contribution in [0.3, 0.4) is 0 Å². The molecule has 158 valence electrons. The third kappa shape index (κ3) is 5.26. The molecule has 0 bridgehead atoms. The molecular formula is C19H25N3O6S. The molecule has 9 nitrogen and oxygen atoms in total. The molecule has 1 saturated heterocycles. The maximum Gasteiger partial charge on any atom is 0.269 e. The van der Waals surface area contributed by atoms with E-state index < -0.39 is 15.9 Å². The maximum absolute atomic E-state index is 12.7. The van der Waals surface area contributed by atoms with Crippen LogP contribution in [-0.2, 0) is 19.4 Å². The first-order chi connectivity index (χ1) is 13.8. The summed E-state index contributed by atoms with van der Waals surface area (Å²) in [5.41, 5.74) is 0.265. The van der Waals surface area contributed by atoms with Crippen molar-refractivity contribution in [1.29, 1.82) is 0 Å². The van der Waals surface area contributed by atoms with Crippen LogP contribution in [0.1, 0.15) is 19.3 Å². The van der Waals surface area contributed by atoms with E-state index in [1.807, 2.05) is 0 Å². The molecule has 3 rings (SSSR count). The van der Waals surface area contributed by atoms with Crippen molar-refractivity contribution in [3.63, 3.8) is 0 Å². The first kappa shape index (κ1) is 21.1. The lowest BCUT2D eigenvalue weighted by atomic mass is 10.1. The predicted octanol–water partition coefficient (Wildman–Crippen LogP) is 0.698. The summed E-state index contributed by atoms with van der Waals surface area (Å²) >= 11 is 0. The van der Waals surface area contributed by atoms with Crippen molar-refractivity contribution in [1.82, 2.24) is 9.91 Å². The normalized spacial score (nSPS) is 20.9. The standard InChI is InChI=1S/C19H25N3O6S/c1-21(10-11-28-16-5-3-15(27-2)4-6-16)19(24)17-7-8-18(23)22(20-17)14-9-12-29(25,26)13-14/h3-6,14H,7-13H2,1-2H3. The lowest BCUT2D eigenvalue weighted by Gasteiger charge is -2.28. The number of amides is 2. The molecule has 2 heterocycles. The first-order valence-corrected chi connectivity index (χ1v) is 11.2. The lowest BCUT2D eigenvalue weighted by Crippen LogP contribution is -2.44. The SMILES string of the molecule is COc1ccc(OCCN(C)C(=O)C2=NN(C3CCS(=O)(=O)C3)C(=O)CC2)cc1. The molecule has 1 atom stereocenters. The Morgan fingerprint density at radius 2 is 1.93 bits per heavy atom. The van der Waals surface area contributed by atoms with Crippen molar-refractivity contribution in [3.05, 3.63) is 24.3 Å². The van der Waals surface area contributed by atoms with E-state index in [9.17, 15) is 18.0 Å². The van der Waals surface area contributed by atoms with Gasteiger partial charge in [0.1, 0.15) is 23.8 Å². The third-order valence-electron chi connectivity index (χ3n) is 4.96. The van der Waals surface area contributed by atoms with E-state index >= 15 is 0 Å². The smallest absolute Gasteiger partial charge is 0.269 e. The maximum atomic E-state index is 12.7. The van der Waals surface area contributed by atoms with E-state index in [0.29, 0.717) is 25.3 Å². The summed E-state index contributed by atoms with van der Waals surface area (Å²) in [5.74, 6) is 0.809. The molecule has 2 aliphatic heterocycles. The lowest BCUT2D eigenvalue weighted by molar-refractivity contribution is -0.134. The molecule has 29 heavy (non-hydrogen) atoms. The number of likely N-dealkylation sites (N-methyl/N-ethyl adjacent to an activating group) is 1. The molecule has 1 aromatic carbocycles. The molecule has 0 spiro atoms. The van der Waals surface area contributed by atoms with E-state index in [2.05, 4.69) is 5.10 Å². The molecule has 1 aromatic rings. The van der Waals surface area contributed by atoms with Gasteiger partial charge in [-0.3, -0.25) is 9.59 Å². The summed E-state index contributed by atoms with van der Waals surface area (Å²) in [6.45, 7) is 0.640. The molecule has 0 saturated carbocycles. The van der Waals surface area contributed by atoms with E-state index in [1.54, 1.807) is 38.4 Å². The second-order valence-corrected chi connectivity index (χ2v) is 9.32. The van der Waals surface area contributed by atoms with Crippen molar-refractivity contribution >= 4 is 27.4 Å². The average molecular weight is 423 g/mol. The van der Waals surface area contributed by atoms with E-state index in [-0.39, 0.29) is 41.9 Å². The van der Waals surface area contributed by atoms with Gasteiger partial charge in [-0.1, -0.05) is 0 Å². The minimum absolute atomic E-state index is 0.0445. The number of carbonyl (C=O) groups is 2. The molecule has 0 N–H and O–H groups in total. The van der Waals surface area contributed by atoms with Gasteiger partial charge in [-0.25, -0.2) is 13.4 Å². The summed E-state index contributed by atoms with van der Waals surface area (Å²) in [6, 6.07) is 6.65. The van der Waals surface area contributed by atoms with Crippen molar-refractivity contribution in [3.8, 4) is 11.5 Å². The summed E-state index contributed by atoms with van der Waals surface area (Å²) in [7, 11) is 0.0819. The van der Waals surface area contributed by atoms with Crippen molar-refractivity contribution in [2.45, 2.75) is 25.3 Å². The number of sulfone groups is 1. The molecule has 2 aliphatic rings. The van der Waals surface area contributed by atoms with E-state index in [4.69, 9.17) is 9.47 Å². The number of rotatable bonds is 7. The quantitative estimate of drug-likeness (QED) is 0.639. The Bertz CT molecular complexity index is 897. The van der Waals surface area contributed by atoms with E-state index in [0.717, 1.165) is 5.75 Å². The van der Waals surface area contributed by atoms with Gasteiger partial charge in [0.15, 0.2) is 9.84 Å². The first-order valence-electron chi connectivity index (χ1n) is 9.41. The fourth-order valence-electron chi connectivity index (χ4n) is 3.27. The third-order valence-corrected chi connectivity index (χ3v) is 6.71. The number of nitrogens with zero attached hydrogens (tertiary/aromatic N) is 3. The largest absolute Gasteiger partial charge is 0.497 e. The van der Waals surface area contributed by atoms with Crippen LogP contribution in [0, 0.1) is 0 Å². The number of hydrogen-bond donors (Lipinski definition) is 0. The molecular weight excluding hydrogens is 398 g/mol. The van der Waals surface area contributed by atoms with Gasteiger partial charge >= 0.3 is 0 Å². The van der Waals surface area contributed by atoms with Crippen LogP contribution in [0.2, 0.25) is 0 Å². The van der Waals surface area contributed by atoms with Gasteiger partial charge in [-0.05, 0) is 30.7 Å². The number of hydrogen-bond acceptors (Lipinski definition) is 7. The topological polar surface area (TPSA) is 106 Å². The van der Waals surface area contributed by atoms with Gasteiger partial charge in [0.2, 0.25) is 5.91 Å². The molecule has 1 fully saturated rings. The number of benzene rings is 1. The molecule has 0 aromatic heterocycles. The monoisotopic (exact) mass is 423 g/mol. The highest BCUT2D eigenvalue weighted by Gasteiger charge is 2.37. The fourth-order valence-corrected chi connectivity index (χ4v) is 4.97.